The van der Waals surface area contributed by atoms with E-state index < -0.39 is 5.97 Å². The summed E-state index contributed by atoms with van der Waals surface area (Å²) in [7, 11) is 4.40. The van der Waals surface area contributed by atoms with Crippen LogP contribution in [0, 0.1) is 6.92 Å². The van der Waals surface area contributed by atoms with Gasteiger partial charge in [-0.2, -0.15) is 0 Å². The summed E-state index contributed by atoms with van der Waals surface area (Å²) in [5.74, 6) is -1.11. The Labute approximate surface area is 124 Å². The molecule has 0 saturated carbocycles. The molecule has 0 bridgehead atoms. The van der Waals surface area contributed by atoms with Crippen molar-refractivity contribution in [2.24, 2.45) is 0 Å². The molecule has 0 spiro atoms. The fourth-order valence-electron chi connectivity index (χ4n) is 2.74. The molecule has 6 heteroatoms. The fourth-order valence-corrected chi connectivity index (χ4v) is 3.63. The molecule has 1 aliphatic rings. The zero-order valence-corrected chi connectivity index (χ0v) is 13.3. The Balaban J connectivity index is 1.85. The number of hydrogen-bond acceptors (Lipinski definition) is 5. The third-order valence-electron chi connectivity index (χ3n) is 4.14. The minimum atomic E-state index is -1.11. The van der Waals surface area contributed by atoms with Gasteiger partial charge in [-0.3, -0.25) is 0 Å². The number of likely N-dealkylation sites (N-methyl/N-ethyl adjacent to an activating group) is 1. The molecule has 1 aromatic rings. The van der Waals surface area contributed by atoms with Crippen LogP contribution in [0.15, 0.2) is 0 Å². The number of rotatable bonds is 5. The Hall–Kier alpha value is -0.980. The lowest BCUT2D eigenvalue weighted by molar-refractivity contribution is -0.885. The second kappa shape index (κ2) is 6.65. The van der Waals surface area contributed by atoms with E-state index in [2.05, 4.69) is 24.0 Å². The monoisotopic (exact) mass is 297 g/mol. The number of carboxylic acids is 1. The molecule has 0 radical (unpaired) electrons. The number of piperidine rings is 1. The second-order valence-corrected chi connectivity index (χ2v) is 6.81. The van der Waals surface area contributed by atoms with Gasteiger partial charge in [0.1, 0.15) is 0 Å². The normalized spacial score (nSPS) is 23.2. The van der Waals surface area contributed by atoms with Crippen LogP contribution in [0.2, 0.25) is 0 Å². The van der Waals surface area contributed by atoms with Gasteiger partial charge in [0.2, 0.25) is 0 Å². The first kappa shape index (κ1) is 15.4. The molecule has 0 aliphatic carbocycles. The van der Waals surface area contributed by atoms with Gasteiger partial charge in [0, 0.05) is 31.8 Å². The summed E-state index contributed by atoms with van der Waals surface area (Å²) in [5, 5.41) is 11.8. The van der Waals surface area contributed by atoms with Crippen molar-refractivity contribution in [1.29, 1.82) is 0 Å². The first-order chi connectivity index (χ1) is 9.47. The van der Waals surface area contributed by atoms with Gasteiger partial charge in [0.25, 0.3) is 0 Å². The molecule has 1 N–H and O–H groups in total. The van der Waals surface area contributed by atoms with Crippen LogP contribution in [0.5, 0.6) is 0 Å². The molecule has 112 valence electrons. The molecule has 2 rings (SSSR count). The maximum atomic E-state index is 10.9. The van der Waals surface area contributed by atoms with Crippen molar-refractivity contribution in [2.45, 2.75) is 32.2 Å². The van der Waals surface area contributed by atoms with E-state index in [1.165, 1.54) is 37.3 Å². The van der Waals surface area contributed by atoms with Crippen molar-refractivity contribution in [3.63, 3.8) is 0 Å². The molecule has 1 aromatic heterocycles. The summed E-state index contributed by atoms with van der Waals surface area (Å²) >= 11 is 1.25. The number of carbonyl (C=O) groups excluding carboxylic acids is 1. The van der Waals surface area contributed by atoms with E-state index in [4.69, 9.17) is 0 Å². The maximum absolute atomic E-state index is 10.9. The summed E-state index contributed by atoms with van der Waals surface area (Å²) in [6.45, 7) is 5.14. The Bertz CT molecular complexity index is 467. The molecule has 1 saturated heterocycles. The van der Waals surface area contributed by atoms with Crippen LogP contribution in [0.25, 0.3) is 0 Å². The van der Waals surface area contributed by atoms with Gasteiger partial charge in [-0.1, -0.05) is 0 Å². The molecule has 1 aliphatic heterocycles. The number of carbonyl (C=O) groups is 1. The molecule has 2 heterocycles. The van der Waals surface area contributed by atoms with Crippen molar-refractivity contribution in [3.8, 4) is 0 Å². The van der Waals surface area contributed by atoms with Crippen LogP contribution in [-0.4, -0.2) is 55.6 Å². The van der Waals surface area contributed by atoms with E-state index in [0.29, 0.717) is 11.7 Å². The predicted molar refractivity (Wildman–Crippen MR) is 77.2 cm³/mol. The number of aryl methyl sites for hydroxylation is 1. The number of thiazole rings is 1. The van der Waals surface area contributed by atoms with Crippen LogP contribution in [0.3, 0.4) is 0 Å². The van der Waals surface area contributed by atoms with Crippen LogP contribution >= 0.6 is 11.3 Å². The Morgan fingerprint density at radius 3 is 2.70 bits per heavy atom. The second-order valence-electron chi connectivity index (χ2n) is 5.73. The van der Waals surface area contributed by atoms with Crippen molar-refractivity contribution in [2.75, 3.05) is 33.7 Å². The average Bonchev–Trinajstić information content (AvgIpc) is 2.78. The van der Waals surface area contributed by atoms with Crippen LogP contribution in [-0.2, 0) is 6.42 Å². The fraction of sp³-hybridized carbons (Fsp3) is 0.714. The number of nitrogens with zero attached hydrogens (tertiary/aromatic N) is 2. The highest BCUT2D eigenvalue weighted by Gasteiger charge is 2.22. The topological polar surface area (TPSA) is 60.7 Å². The van der Waals surface area contributed by atoms with Crippen LogP contribution < -0.4 is 10.0 Å². The Morgan fingerprint density at radius 2 is 2.15 bits per heavy atom. The van der Waals surface area contributed by atoms with Crippen LogP contribution in [0.1, 0.15) is 33.2 Å². The minimum absolute atomic E-state index is 0.269. The largest absolute Gasteiger partial charge is 0.544 e. The number of quaternary nitrogens is 1. The van der Waals surface area contributed by atoms with Crippen molar-refractivity contribution in [3.05, 3.63) is 15.6 Å². The smallest absolute Gasteiger partial charge is 0.0947 e. The molecule has 1 fully saturated rings. The van der Waals surface area contributed by atoms with E-state index in [0.717, 1.165) is 18.0 Å². The third kappa shape index (κ3) is 3.77. The Morgan fingerprint density at radius 1 is 1.50 bits per heavy atom. The zero-order chi connectivity index (χ0) is 14.7. The van der Waals surface area contributed by atoms with E-state index >= 15 is 0 Å². The summed E-state index contributed by atoms with van der Waals surface area (Å²) < 4.78 is 0. The molecule has 20 heavy (non-hydrogen) atoms. The van der Waals surface area contributed by atoms with Gasteiger partial charge < -0.3 is 19.7 Å². The number of hydrogen-bond donors (Lipinski definition) is 1. The number of nitrogens with one attached hydrogen (secondary N) is 1. The van der Waals surface area contributed by atoms with Gasteiger partial charge in [-0.05, 0) is 14.0 Å². The summed E-state index contributed by atoms with van der Waals surface area (Å²) in [4.78, 5) is 19.5. The number of aromatic carboxylic acids is 1. The highest BCUT2D eigenvalue weighted by Crippen LogP contribution is 2.18. The molecular weight excluding hydrogens is 274 g/mol. The molecular formula is C14H23N3O2S. The predicted octanol–water partition coefficient (Wildman–Crippen LogP) is -1.03. The zero-order valence-electron chi connectivity index (χ0n) is 12.4. The van der Waals surface area contributed by atoms with Gasteiger partial charge in [0.15, 0.2) is 0 Å². The van der Waals surface area contributed by atoms with E-state index in [-0.39, 0.29) is 4.88 Å². The standard InChI is InChI=1S/C14H23N3O2S/c1-10-13(14(18)19)20-12(15-10)6-9-17(3)11-4-7-16(2)8-5-11/h11H,4-9H2,1-3H3,(H,18,19). The quantitative estimate of drug-likeness (QED) is 0.755. The van der Waals surface area contributed by atoms with Crippen LogP contribution in [0.4, 0.5) is 0 Å². The lowest BCUT2D eigenvalue weighted by Crippen LogP contribution is -3.10. The van der Waals surface area contributed by atoms with Crippen molar-refractivity contribution in [1.82, 2.24) is 9.88 Å². The summed E-state index contributed by atoms with van der Waals surface area (Å²) in [6.07, 6.45) is 3.29. The van der Waals surface area contributed by atoms with Gasteiger partial charge in [0.05, 0.1) is 41.7 Å². The minimum Gasteiger partial charge on any atom is -0.544 e. The van der Waals surface area contributed by atoms with Crippen molar-refractivity contribution < 1.29 is 14.8 Å². The highest BCUT2D eigenvalue weighted by molar-refractivity contribution is 7.13. The first-order valence-electron chi connectivity index (χ1n) is 7.16. The number of likely N-dealkylation sites (tertiary alicyclic amines) is 1. The Kier molecular flexibility index (Phi) is 5.12. The molecule has 0 aromatic carbocycles. The van der Waals surface area contributed by atoms with Crippen molar-refractivity contribution >= 4 is 17.3 Å². The highest BCUT2D eigenvalue weighted by atomic mass is 32.1. The maximum Gasteiger partial charge on any atom is 0.0947 e. The SMILES string of the molecule is Cc1nc(CCN(C)C2CC[NH+](C)CC2)sc1C(=O)[O-]. The van der Waals surface area contributed by atoms with Gasteiger partial charge in [-0.25, -0.2) is 4.98 Å². The molecule has 0 unspecified atom stereocenters. The number of aromatic nitrogens is 1. The molecule has 0 amide bonds. The number of carboxylic acid groups (broad SMARTS) is 1. The average molecular weight is 297 g/mol. The third-order valence-corrected chi connectivity index (χ3v) is 5.33. The van der Waals surface area contributed by atoms with E-state index in [9.17, 15) is 9.90 Å². The molecule has 0 atom stereocenters. The van der Waals surface area contributed by atoms with E-state index in [1.807, 2.05) is 0 Å². The van der Waals surface area contributed by atoms with Gasteiger partial charge in [-0.15, -0.1) is 11.3 Å². The van der Waals surface area contributed by atoms with E-state index in [1.54, 1.807) is 11.8 Å². The first-order valence-corrected chi connectivity index (χ1v) is 7.98. The molecule has 5 nitrogen and oxygen atoms in total. The summed E-state index contributed by atoms with van der Waals surface area (Å²) in [5.41, 5.74) is 0.579. The lowest BCUT2D eigenvalue weighted by Gasteiger charge is -2.33. The lowest BCUT2D eigenvalue weighted by atomic mass is 10.0. The summed E-state index contributed by atoms with van der Waals surface area (Å²) in [6, 6.07) is 0.653. The van der Waals surface area contributed by atoms with Gasteiger partial charge >= 0.3 is 0 Å².